The molecule has 0 atom stereocenters. The van der Waals surface area contributed by atoms with Gasteiger partial charge in [0, 0.05) is 0 Å². The molecule has 1 aliphatic carbocycles. The van der Waals surface area contributed by atoms with Crippen molar-refractivity contribution in [3.63, 3.8) is 0 Å². The highest BCUT2D eigenvalue weighted by molar-refractivity contribution is 5.24. The number of hydrogen-bond donors (Lipinski definition) is 1. The first-order chi connectivity index (χ1) is 11.2. The monoisotopic (exact) mass is 315 g/mol. The van der Waals surface area contributed by atoms with E-state index in [9.17, 15) is 0 Å². The predicted octanol–water partition coefficient (Wildman–Crippen LogP) is 5.77. The Morgan fingerprint density at radius 2 is 1.65 bits per heavy atom. The van der Waals surface area contributed by atoms with Gasteiger partial charge in [-0.3, -0.25) is 0 Å². The fourth-order valence-electron chi connectivity index (χ4n) is 4.48. The molecule has 1 aromatic rings. The lowest BCUT2D eigenvalue weighted by Crippen LogP contribution is -2.24. The first-order valence-corrected chi connectivity index (χ1v) is 9.96. The topological polar surface area (TPSA) is 12.0 Å². The van der Waals surface area contributed by atoms with E-state index >= 15 is 0 Å². The van der Waals surface area contributed by atoms with Crippen molar-refractivity contribution in [3.8, 4) is 0 Å². The van der Waals surface area contributed by atoms with Crippen molar-refractivity contribution in [1.82, 2.24) is 5.32 Å². The maximum Gasteiger partial charge on any atom is -0.00488 e. The van der Waals surface area contributed by atoms with Crippen molar-refractivity contribution in [1.29, 1.82) is 0 Å². The van der Waals surface area contributed by atoms with Gasteiger partial charge in [0.1, 0.15) is 0 Å². The third-order valence-electron chi connectivity index (χ3n) is 5.73. The fraction of sp³-hybridized carbons (Fsp3) is 0.727. The molecule has 0 aliphatic heterocycles. The Labute approximate surface area is 144 Å². The number of nitrogens with one attached hydrogen (secondary N) is 1. The maximum absolute atomic E-state index is 3.25. The molecule has 1 N–H and O–H groups in total. The zero-order chi connectivity index (χ0) is 16.5. The van der Waals surface area contributed by atoms with Gasteiger partial charge in [-0.2, -0.15) is 0 Å². The van der Waals surface area contributed by atoms with Crippen LogP contribution in [-0.4, -0.2) is 13.6 Å². The van der Waals surface area contributed by atoms with E-state index in [2.05, 4.69) is 43.4 Å². The van der Waals surface area contributed by atoms with Crippen LogP contribution in [0.3, 0.4) is 0 Å². The second-order valence-electron chi connectivity index (χ2n) is 7.66. The highest BCUT2D eigenvalue weighted by atomic mass is 14.8. The van der Waals surface area contributed by atoms with Crippen LogP contribution in [0.15, 0.2) is 24.3 Å². The minimum Gasteiger partial charge on any atom is -0.320 e. The zero-order valence-electron chi connectivity index (χ0n) is 15.7. The number of benzene rings is 1. The molecule has 1 heteroatoms. The predicted molar refractivity (Wildman–Crippen MR) is 102 cm³/mol. The molecule has 0 aromatic heterocycles. The molecule has 1 saturated carbocycles. The molecule has 0 spiro atoms. The SMILES string of the molecule is CCCC(CCC)(CCc1cccc(CCCNC)c1)C1CC1. The van der Waals surface area contributed by atoms with E-state index in [-0.39, 0.29) is 0 Å². The van der Waals surface area contributed by atoms with Crippen molar-refractivity contribution in [3.05, 3.63) is 35.4 Å². The van der Waals surface area contributed by atoms with Gasteiger partial charge in [-0.05, 0) is 87.4 Å². The lowest BCUT2D eigenvalue weighted by molar-refractivity contribution is 0.174. The standard InChI is InChI=1S/C22H37N/c1-4-14-22(15-5-2,21-11-12-21)16-13-20-9-6-8-19(18-20)10-7-17-23-3/h6,8-9,18,21,23H,4-5,7,10-17H2,1-3H3. The average Bonchev–Trinajstić information content (AvgIpc) is 3.39. The van der Waals surface area contributed by atoms with Crippen LogP contribution >= 0.6 is 0 Å². The first kappa shape index (κ1) is 18.5. The van der Waals surface area contributed by atoms with Crippen molar-refractivity contribution < 1.29 is 0 Å². The van der Waals surface area contributed by atoms with Crippen molar-refractivity contribution >= 4 is 0 Å². The molecule has 1 aliphatic rings. The molecule has 1 fully saturated rings. The summed E-state index contributed by atoms with van der Waals surface area (Å²) in [4.78, 5) is 0. The lowest BCUT2D eigenvalue weighted by atomic mass is 9.71. The van der Waals surface area contributed by atoms with E-state index in [1.807, 2.05) is 7.05 Å². The normalized spacial score (nSPS) is 15.1. The van der Waals surface area contributed by atoms with E-state index in [0.717, 1.165) is 12.5 Å². The first-order valence-electron chi connectivity index (χ1n) is 9.96. The molecule has 1 aromatic carbocycles. The molecule has 23 heavy (non-hydrogen) atoms. The zero-order valence-corrected chi connectivity index (χ0v) is 15.7. The van der Waals surface area contributed by atoms with Crippen LogP contribution in [0, 0.1) is 11.3 Å². The molecule has 0 amide bonds. The number of hydrogen-bond acceptors (Lipinski definition) is 1. The second-order valence-corrected chi connectivity index (χ2v) is 7.66. The van der Waals surface area contributed by atoms with Gasteiger partial charge in [-0.15, -0.1) is 0 Å². The van der Waals surface area contributed by atoms with Crippen LogP contribution in [0.4, 0.5) is 0 Å². The highest BCUT2D eigenvalue weighted by Crippen LogP contribution is 2.53. The summed E-state index contributed by atoms with van der Waals surface area (Å²) >= 11 is 0. The summed E-state index contributed by atoms with van der Waals surface area (Å²) in [7, 11) is 2.04. The van der Waals surface area contributed by atoms with Crippen LogP contribution in [0.25, 0.3) is 0 Å². The van der Waals surface area contributed by atoms with Crippen LogP contribution in [0.5, 0.6) is 0 Å². The molecular formula is C22H37N. The molecule has 0 heterocycles. The van der Waals surface area contributed by atoms with Crippen molar-refractivity contribution in [2.45, 2.75) is 78.1 Å². The Bertz CT molecular complexity index is 441. The summed E-state index contributed by atoms with van der Waals surface area (Å²) in [6, 6.07) is 9.37. The third kappa shape index (κ3) is 5.64. The minimum absolute atomic E-state index is 0.644. The van der Waals surface area contributed by atoms with Gasteiger partial charge in [0.25, 0.3) is 0 Å². The highest BCUT2D eigenvalue weighted by Gasteiger charge is 2.42. The Balaban J connectivity index is 1.95. The molecule has 0 saturated heterocycles. The average molecular weight is 316 g/mol. The smallest absolute Gasteiger partial charge is 0.00488 e. The lowest BCUT2D eigenvalue weighted by Gasteiger charge is -2.34. The summed E-state index contributed by atoms with van der Waals surface area (Å²) in [6.45, 7) is 5.85. The van der Waals surface area contributed by atoms with Crippen LogP contribution in [-0.2, 0) is 12.8 Å². The fourth-order valence-corrected chi connectivity index (χ4v) is 4.48. The van der Waals surface area contributed by atoms with E-state index in [0.29, 0.717) is 5.41 Å². The molecule has 1 nitrogen and oxygen atoms in total. The summed E-state index contributed by atoms with van der Waals surface area (Å²) in [5.74, 6) is 1.03. The Hall–Kier alpha value is -0.820. The number of aryl methyl sites for hydroxylation is 2. The van der Waals surface area contributed by atoms with Gasteiger partial charge in [0.2, 0.25) is 0 Å². The Morgan fingerprint density at radius 3 is 2.22 bits per heavy atom. The van der Waals surface area contributed by atoms with Gasteiger partial charge in [0.05, 0.1) is 0 Å². The van der Waals surface area contributed by atoms with E-state index in [1.54, 1.807) is 5.56 Å². The van der Waals surface area contributed by atoms with E-state index in [1.165, 1.54) is 69.8 Å². The third-order valence-corrected chi connectivity index (χ3v) is 5.73. The molecule has 130 valence electrons. The second kappa shape index (κ2) is 9.47. The van der Waals surface area contributed by atoms with Crippen LogP contribution in [0.1, 0.15) is 76.3 Å². The molecule has 0 radical (unpaired) electrons. The summed E-state index contributed by atoms with van der Waals surface area (Å²) < 4.78 is 0. The molecular weight excluding hydrogens is 278 g/mol. The summed E-state index contributed by atoms with van der Waals surface area (Å²) in [6.07, 6.45) is 13.7. The quantitative estimate of drug-likeness (QED) is 0.483. The van der Waals surface area contributed by atoms with Gasteiger partial charge in [-0.1, -0.05) is 51.0 Å². The van der Waals surface area contributed by atoms with Crippen LogP contribution < -0.4 is 5.32 Å². The summed E-state index contributed by atoms with van der Waals surface area (Å²) in [5.41, 5.74) is 3.72. The molecule has 0 bridgehead atoms. The number of rotatable bonds is 12. The molecule has 0 unspecified atom stereocenters. The van der Waals surface area contributed by atoms with Crippen molar-refractivity contribution in [2.24, 2.45) is 11.3 Å². The van der Waals surface area contributed by atoms with Gasteiger partial charge in [0.15, 0.2) is 0 Å². The minimum atomic E-state index is 0.644. The largest absolute Gasteiger partial charge is 0.320 e. The maximum atomic E-state index is 3.25. The Morgan fingerprint density at radius 1 is 1.00 bits per heavy atom. The van der Waals surface area contributed by atoms with E-state index < -0.39 is 0 Å². The summed E-state index contributed by atoms with van der Waals surface area (Å²) in [5, 5.41) is 3.25. The van der Waals surface area contributed by atoms with E-state index in [4.69, 9.17) is 0 Å². The van der Waals surface area contributed by atoms with Crippen molar-refractivity contribution in [2.75, 3.05) is 13.6 Å². The molecule has 2 rings (SSSR count). The van der Waals surface area contributed by atoms with Gasteiger partial charge in [-0.25, -0.2) is 0 Å². The Kier molecular flexibility index (Phi) is 7.62. The van der Waals surface area contributed by atoms with Gasteiger partial charge < -0.3 is 5.32 Å². The van der Waals surface area contributed by atoms with Gasteiger partial charge >= 0.3 is 0 Å². The van der Waals surface area contributed by atoms with Crippen LogP contribution in [0.2, 0.25) is 0 Å².